The van der Waals surface area contributed by atoms with E-state index in [9.17, 15) is 0 Å². The first-order valence-corrected chi connectivity index (χ1v) is 8.52. The van der Waals surface area contributed by atoms with Gasteiger partial charge in [0.15, 0.2) is 0 Å². The van der Waals surface area contributed by atoms with E-state index in [4.69, 9.17) is 0 Å². The molecule has 0 radical (unpaired) electrons. The molecule has 0 aromatic carbocycles. The summed E-state index contributed by atoms with van der Waals surface area (Å²) in [6.07, 6.45) is 8.59. The first kappa shape index (κ1) is 16.1. The Balaban J connectivity index is 2.61. The summed E-state index contributed by atoms with van der Waals surface area (Å²) in [4.78, 5) is 0. The third kappa shape index (κ3) is 3.75. The van der Waals surface area contributed by atoms with Crippen LogP contribution < -0.4 is 0 Å². The van der Waals surface area contributed by atoms with Gasteiger partial charge in [-0.25, -0.2) is 0 Å². The molecule has 1 aliphatic rings. The zero-order valence-corrected chi connectivity index (χ0v) is 13.7. The predicted octanol–water partition coefficient (Wildman–Crippen LogP) is 6.16. The minimum atomic E-state index is 0.898. The van der Waals surface area contributed by atoms with Crippen molar-refractivity contribution in [2.45, 2.75) is 80.1 Å². The summed E-state index contributed by atoms with van der Waals surface area (Å²) in [5.74, 6) is 5.80. The minimum absolute atomic E-state index is 0.898. The molecule has 1 rings (SSSR count). The molecule has 0 heteroatoms. The highest BCUT2D eigenvalue weighted by atomic mass is 14.4. The van der Waals surface area contributed by atoms with Crippen LogP contribution >= 0.6 is 0 Å². The molecule has 0 aliphatic heterocycles. The lowest BCUT2D eigenvalue weighted by Gasteiger charge is -2.47. The third-order valence-corrected chi connectivity index (χ3v) is 5.69. The van der Waals surface area contributed by atoms with E-state index in [1.54, 1.807) is 0 Å². The van der Waals surface area contributed by atoms with Crippen LogP contribution in [0.5, 0.6) is 0 Å². The van der Waals surface area contributed by atoms with Crippen molar-refractivity contribution in [1.29, 1.82) is 0 Å². The Morgan fingerprint density at radius 1 is 0.833 bits per heavy atom. The van der Waals surface area contributed by atoms with Crippen LogP contribution in [-0.2, 0) is 0 Å². The van der Waals surface area contributed by atoms with Crippen molar-refractivity contribution in [3.05, 3.63) is 0 Å². The smallest absolute Gasteiger partial charge is 0.0355 e. The summed E-state index contributed by atoms with van der Waals surface area (Å²) < 4.78 is 0. The second-order valence-electron chi connectivity index (χ2n) is 7.23. The van der Waals surface area contributed by atoms with Crippen molar-refractivity contribution in [3.63, 3.8) is 0 Å². The fraction of sp³-hybridized carbons (Fsp3) is 1.00. The zero-order valence-electron chi connectivity index (χ0n) is 13.7. The molecule has 0 nitrogen and oxygen atoms in total. The summed E-state index contributed by atoms with van der Waals surface area (Å²) in [5, 5.41) is 0. The highest BCUT2D eigenvalue weighted by Crippen LogP contribution is 2.48. The third-order valence-electron chi connectivity index (χ3n) is 5.69. The van der Waals surface area contributed by atoms with Gasteiger partial charge in [0.1, 0.15) is 0 Å². The molecule has 1 saturated carbocycles. The van der Waals surface area contributed by atoms with Gasteiger partial charge in [-0.05, 0) is 48.3 Å². The van der Waals surface area contributed by atoms with E-state index in [1.165, 1.54) is 38.5 Å². The monoisotopic (exact) mass is 252 g/mol. The molecule has 5 atom stereocenters. The first-order chi connectivity index (χ1) is 8.52. The Kier molecular flexibility index (Phi) is 6.74. The molecular weight excluding hydrogens is 216 g/mol. The Hall–Kier alpha value is 0. The highest BCUT2D eigenvalue weighted by Gasteiger charge is 2.40. The maximum Gasteiger partial charge on any atom is -0.0355 e. The van der Waals surface area contributed by atoms with Crippen LogP contribution in [0.1, 0.15) is 80.1 Å². The molecule has 0 bridgehead atoms. The molecule has 1 aliphatic carbocycles. The average molecular weight is 252 g/mol. The Morgan fingerprint density at radius 3 is 1.78 bits per heavy atom. The first-order valence-electron chi connectivity index (χ1n) is 8.52. The molecule has 1 fully saturated rings. The van der Waals surface area contributed by atoms with E-state index in [1.807, 2.05) is 0 Å². The van der Waals surface area contributed by atoms with Gasteiger partial charge in [0, 0.05) is 0 Å². The average Bonchev–Trinajstić information content (AvgIpc) is 2.23. The molecular formula is C18H36. The summed E-state index contributed by atoms with van der Waals surface area (Å²) in [7, 11) is 0. The fourth-order valence-corrected chi connectivity index (χ4v) is 4.42. The van der Waals surface area contributed by atoms with Gasteiger partial charge in [-0.2, -0.15) is 0 Å². The van der Waals surface area contributed by atoms with Gasteiger partial charge in [0.05, 0.1) is 0 Å². The molecule has 0 heterocycles. The summed E-state index contributed by atoms with van der Waals surface area (Å²) >= 11 is 0. The molecule has 0 N–H and O–H groups in total. The molecule has 0 amide bonds. The molecule has 0 aromatic heterocycles. The van der Waals surface area contributed by atoms with Gasteiger partial charge >= 0.3 is 0 Å². The number of hydrogen-bond donors (Lipinski definition) is 0. The maximum atomic E-state index is 2.56. The van der Waals surface area contributed by atoms with E-state index in [2.05, 4.69) is 41.5 Å². The molecule has 5 unspecified atom stereocenters. The standard InChI is InChI=1S/C18H36/c1-7-9-14(5)17(10-8-2)15(6)18-12-11-16(18)13(3)4/h13-18H,7-12H2,1-6H3. The van der Waals surface area contributed by atoms with Crippen LogP contribution in [0.2, 0.25) is 0 Å². The van der Waals surface area contributed by atoms with Crippen LogP contribution in [0.15, 0.2) is 0 Å². The van der Waals surface area contributed by atoms with Gasteiger partial charge < -0.3 is 0 Å². The van der Waals surface area contributed by atoms with E-state index in [-0.39, 0.29) is 0 Å². The van der Waals surface area contributed by atoms with Crippen molar-refractivity contribution in [3.8, 4) is 0 Å². The summed E-state index contributed by atoms with van der Waals surface area (Å²) in [6.45, 7) is 14.6. The lowest BCUT2D eigenvalue weighted by atomic mass is 9.58. The van der Waals surface area contributed by atoms with Crippen molar-refractivity contribution in [2.24, 2.45) is 35.5 Å². The Bertz CT molecular complexity index is 218. The Labute approximate surface area is 116 Å². The van der Waals surface area contributed by atoms with E-state index in [0.717, 1.165) is 35.5 Å². The highest BCUT2D eigenvalue weighted by molar-refractivity contribution is 4.89. The number of rotatable bonds is 8. The molecule has 108 valence electrons. The normalized spacial score (nSPS) is 28.8. The van der Waals surface area contributed by atoms with Crippen LogP contribution in [0.3, 0.4) is 0 Å². The summed E-state index contributed by atoms with van der Waals surface area (Å²) in [6, 6.07) is 0. The van der Waals surface area contributed by atoms with Gasteiger partial charge in [0.25, 0.3) is 0 Å². The molecule has 0 aromatic rings. The predicted molar refractivity (Wildman–Crippen MR) is 82.7 cm³/mol. The molecule has 0 saturated heterocycles. The maximum absolute atomic E-state index is 2.56. The van der Waals surface area contributed by atoms with E-state index in [0.29, 0.717) is 0 Å². The minimum Gasteiger partial charge on any atom is -0.0654 e. The van der Waals surface area contributed by atoms with E-state index < -0.39 is 0 Å². The van der Waals surface area contributed by atoms with Crippen LogP contribution in [0.25, 0.3) is 0 Å². The van der Waals surface area contributed by atoms with Gasteiger partial charge in [-0.15, -0.1) is 0 Å². The Morgan fingerprint density at radius 2 is 1.39 bits per heavy atom. The largest absolute Gasteiger partial charge is 0.0654 e. The fourth-order valence-electron chi connectivity index (χ4n) is 4.42. The van der Waals surface area contributed by atoms with Crippen LogP contribution in [0.4, 0.5) is 0 Å². The van der Waals surface area contributed by atoms with Crippen LogP contribution in [-0.4, -0.2) is 0 Å². The van der Waals surface area contributed by atoms with Crippen LogP contribution in [0, 0.1) is 35.5 Å². The van der Waals surface area contributed by atoms with Crippen molar-refractivity contribution >= 4 is 0 Å². The van der Waals surface area contributed by atoms with Gasteiger partial charge in [-0.3, -0.25) is 0 Å². The van der Waals surface area contributed by atoms with Crippen molar-refractivity contribution in [2.75, 3.05) is 0 Å². The van der Waals surface area contributed by atoms with E-state index >= 15 is 0 Å². The SMILES string of the molecule is CCCC(C)C(CCC)C(C)C1CCC1C(C)C. The number of hydrogen-bond acceptors (Lipinski definition) is 0. The quantitative estimate of drug-likeness (QED) is 0.485. The second-order valence-corrected chi connectivity index (χ2v) is 7.23. The lowest BCUT2D eigenvalue weighted by Crippen LogP contribution is -2.39. The summed E-state index contributed by atoms with van der Waals surface area (Å²) in [5.41, 5.74) is 0. The van der Waals surface area contributed by atoms with Crippen molar-refractivity contribution in [1.82, 2.24) is 0 Å². The lowest BCUT2D eigenvalue weighted by molar-refractivity contribution is 0.0255. The van der Waals surface area contributed by atoms with Gasteiger partial charge in [0.2, 0.25) is 0 Å². The van der Waals surface area contributed by atoms with Crippen molar-refractivity contribution < 1.29 is 0 Å². The molecule has 0 spiro atoms. The zero-order chi connectivity index (χ0) is 13.7. The molecule has 18 heavy (non-hydrogen) atoms. The van der Waals surface area contributed by atoms with Gasteiger partial charge in [-0.1, -0.05) is 67.2 Å². The topological polar surface area (TPSA) is 0 Å². The second kappa shape index (κ2) is 7.56.